The summed E-state index contributed by atoms with van der Waals surface area (Å²) in [6.45, 7) is 3.99. The lowest BCUT2D eigenvalue weighted by Gasteiger charge is -2.18. The fourth-order valence-corrected chi connectivity index (χ4v) is 6.54. The van der Waals surface area contributed by atoms with Gasteiger partial charge in [0.05, 0.1) is 12.7 Å². The smallest absolute Gasteiger partial charge is 0.272 e. The van der Waals surface area contributed by atoms with Crippen molar-refractivity contribution in [2.24, 2.45) is 0 Å². The maximum Gasteiger partial charge on any atom is 0.272 e. The molecule has 0 aliphatic rings. The van der Waals surface area contributed by atoms with Crippen molar-refractivity contribution in [3.8, 4) is 17.1 Å². The standard InChI is InChI=1S/C43H37N3O5S/c1-28-18-24-36(29(2)26-28)45-43(49)40(30-12-6-4-7-13-30)52-34-22-19-32(20-23-34)44-42(48)37(46-41(47)31-14-8-5-9-15-31)27-33-21-25-39(51-33)35-16-10-11-17-38(35)50-3/h4-27,40H,1-3H3,(H,44,48)(H,45,49)(H,46,47)/b37-27+/t40-/m0/s1. The number of carbonyl (C=O) groups is 3. The highest BCUT2D eigenvalue weighted by Crippen LogP contribution is 2.37. The van der Waals surface area contributed by atoms with Crippen LogP contribution in [0.15, 0.2) is 155 Å². The maximum atomic E-state index is 13.7. The lowest BCUT2D eigenvalue weighted by molar-refractivity contribution is -0.116. The third kappa shape index (κ3) is 8.88. The van der Waals surface area contributed by atoms with E-state index in [4.69, 9.17) is 9.15 Å². The Morgan fingerprint density at radius 3 is 2.15 bits per heavy atom. The summed E-state index contributed by atoms with van der Waals surface area (Å²) in [6, 6.07) is 42.3. The second kappa shape index (κ2) is 16.6. The van der Waals surface area contributed by atoms with Crippen LogP contribution in [0, 0.1) is 13.8 Å². The van der Waals surface area contributed by atoms with E-state index in [0.29, 0.717) is 28.5 Å². The highest BCUT2D eigenvalue weighted by molar-refractivity contribution is 8.00. The van der Waals surface area contributed by atoms with E-state index in [1.54, 1.807) is 55.6 Å². The average Bonchev–Trinajstić information content (AvgIpc) is 3.64. The number of anilines is 2. The zero-order valence-corrected chi connectivity index (χ0v) is 29.7. The fourth-order valence-electron chi connectivity index (χ4n) is 5.51. The van der Waals surface area contributed by atoms with E-state index < -0.39 is 17.1 Å². The predicted octanol–water partition coefficient (Wildman–Crippen LogP) is 9.45. The molecule has 0 unspecified atom stereocenters. The van der Waals surface area contributed by atoms with Crippen molar-refractivity contribution >= 4 is 46.9 Å². The van der Waals surface area contributed by atoms with E-state index in [2.05, 4.69) is 16.0 Å². The van der Waals surface area contributed by atoms with Crippen LogP contribution in [0.1, 0.15) is 38.1 Å². The molecule has 0 fully saturated rings. The van der Waals surface area contributed by atoms with E-state index in [1.165, 1.54) is 17.8 Å². The molecule has 3 amide bonds. The van der Waals surface area contributed by atoms with Crippen LogP contribution in [0.25, 0.3) is 17.4 Å². The summed E-state index contributed by atoms with van der Waals surface area (Å²) in [7, 11) is 1.58. The lowest BCUT2D eigenvalue weighted by atomic mass is 10.1. The van der Waals surface area contributed by atoms with Crippen LogP contribution in [0.4, 0.5) is 11.4 Å². The molecule has 1 aromatic heterocycles. The molecular formula is C43H37N3O5S. The minimum atomic E-state index is -0.546. The Morgan fingerprint density at radius 1 is 0.750 bits per heavy atom. The van der Waals surface area contributed by atoms with E-state index in [1.807, 2.05) is 105 Å². The van der Waals surface area contributed by atoms with Gasteiger partial charge in [-0.2, -0.15) is 0 Å². The van der Waals surface area contributed by atoms with E-state index >= 15 is 0 Å². The number of rotatable bonds is 12. The minimum absolute atomic E-state index is 0.0135. The Bertz CT molecular complexity index is 2210. The maximum absolute atomic E-state index is 13.7. The molecule has 6 aromatic rings. The van der Waals surface area contributed by atoms with Gasteiger partial charge in [-0.25, -0.2) is 0 Å². The zero-order chi connectivity index (χ0) is 36.5. The largest absolute Gasteiger partial charge is 0.496 e. The molecule has 9 heteroatoms. The van der Waals surface area contributed by atoms with Gasteiger partial charge in [-0.15, -0.1) is 11.8 Å². The third-order valence-corrected chi connectivity index (χ3v) is 9.43. The first-order valence-electron chi connectivity index (χ1n) is 16.6. The quantitative estimate of drug-likeness (QED) is 0.0864. The summed E-state index contributed by atoms with van der Waals surface area (Å²) in [4.78, 5) is 41.4. The van der Waals surface area contributed by atoms with Crippen molar-refractivity contribution < 1.29 is 23.5 Å². The summed E-state index contributed by atoms with van der Waals surface area (Å²) >= 11 is 1.41. The molecule has 0 aliphatic heterocycles. The number of para-hydroxylation sites is 1. The van der Waals surface area contributed by atoms with Crippen molar-refractivity contribution in [3.63, 3.8) is 0 Å². The Kier molecular flexibility index (Phi) is 11.3. The molecule has 5 aromatic carbocycles. The fraction of sp³-hybridized carbons (Fsp3) is 0.0930. The van der Waals surface area contributed by atoms with Gasteiger partial charge in [-0.3, -0.25) is 14.4 Å². The van der Waals surface area contributed by atoms with Gasteiger partial charge in [0.25, 0.3) is 11.8 Å². The van der Waals surface area contributed by atoms with Gasteiger partial charge in [-0.1, -0.05) is 78.4 Å². The van der Waals surface area contributed by atoms with Crippen LogP contribution in [0.2, 0.25) is 0 Å². The van der Waals surface area contributed by atoms with Crippen molar-refractivity contribution in [1.29, 1.82) is 0 Å². The zero-order valence-electron chi connectivity index (χ0n) is 28.9. The number of furan rings is 1. The van der Waals surface area contributed by atoms with Gasteiger partial charge in [0.1, 0.15) is 28.2 Å². The molecule has 8 nitrogen and oxygen atoms in total. The first kappa shape index (κ1) is 35.5. The summed E-state index contributed by atoms with van der Waals surface area (Å²) in [6.07, 6.45) is 1.48. The van der Waals surface area contributed by atoms with Gasteiger partial charge in [-0.05, 0) is 91.7 Å². The summed E-state index contributed by atoms with van der Waals surface area (Å²) in [5.74, 6) is 0.406. The number of methoxy groups -OCH3 is 1. The van der Waals surface area contributed by atoms with E-state index in [0.717, 1.165) is 32.8 Å². The van der Waals surface area contributed by atoms with Gasteiger partial charge in [0.2, 0.25) is 5.91 Å². The first-order valence-corrected chi connectivity index (χ1v) is 17.5. The predicted molar refractivity (Wildman–Crippen MR) is 207 cm³/mol. The normalized spacial score (nSPS) is 11.7. The monoisotopic (exact) mass is 707 g/mol. The molecule has 0 radical (unpaired) electrons. The molecule has 0 spiro atoms. The average molecular weight is 708 g/mol. The Balaban J connectivity index is 1.21. The van der Waals surface area contributed by atoms with Crippen LogP contribution < -0.4 is 20.7 Å². The van der Waals surface area contributed by atoms with Gasteiger partial charge < -0.3 is 25.1 Å². The number of aryl methyl sites for hydroxylation is 2. The van der Waals surface area contributed by atoms with Crippen molar-refractivity contribution in [1.82, 2.24) is 5.32 Å². The summed E-state index contributed by atoms with van der Waals surface area (Å²) in [5.41, 5.74) is 5.37. The molecule has 3 N–H and O–H groups in total. The van der Waals surface area contributed by atoms with Gasteiger partial charge in [0.15, 0.2) is 0 Å². The summed E-state index contributed by atoms with van der Waals surface area (Å²) < 4.78 is 11.5. The Morgan fingerprint density at radius 2 is 1.44 bits per heavy atom. The highest BCUT2D eigenvalue weighted by atomic mass is 32.2. The molecule has 1 heterocycles. The second-order valence-electron chi connectivity index (χ2n) is 12.0. The summed E-state index contributed by atoms with van der Waals surface area (Å²) in [5, 5.41) is 8.20. The van der Waals surface area contributed by atoms with Crippen molar-refractivity contribution in [3.05, 3.63) is 173 Å². The highest BCUT2D eigenvalue weighted by Gasteiger charge is 2.23. The molecule has 0 bridgehead atoms. The number of ether oxygens (including phenoxy) is 1. The number of nitrogens with one attached hydrogen (secondary N) is 3. The molecule has 0 saturated carbocycles. The third-order valence-electron chi connectivity index (χ3n) is 8.16. The topological polar surface area (TPSA) is 110 Å². The van der Waals surface area contributed by atoms with E-state index in [9.17, 15) is 14.4 Å². The second-order valence-corrected chi connectivity index (χ2v) is 13.2. The SMILES string of the molecule is COc1ccccc1-c1ccc(/C=C(/NC(=O)c2ccccc2)C(=O)Nc2ccc(S[C@H](C(=O)Nc3ccc(C)cc3C)c3ccccc3)cc2)o1. The van der Waals surface area contributed by atoms with E-state index in [-0.39, 0.29) is 11.6 Å². The number of hydrogen-bond acceptors (Lipinski definition) is 6. The molecule has 1 atom stereocenters. The van der Waals surface area contributed by atoms with Crippen molar-refractivity contribution in [2.75, 3.05) is 17.7 Å². The number of hydrogen-bond donors (Lipinski definition) is 3. The first-order chi connectivity index (χ1) is 25.3. The van der Waals surface area contributed by atoms with Crippen molar-refractivity contribution in [2.45, 2.75) is 24.0 Å². The molecule has 260 valence electrons. The number of carbonyl (C=O) groups excluding carboxylic acids is 3. The molecule has 0 aliphatic carbocycles. The van der Waals surface area contributed by atoms with Crippen LogP contribution >= 0.6 is 11.8 Å². The molecule has 6 rings (SSSR count). The molecule has 52 heavy (non-hydrogen) atoms. The van der Waals surface area contributed by atoms with Gasteiger partial charge >= 0.3 is 0 Å². The van der Waals surface area contributed by atoms with Gasteiger partial charge in [0, 0.05) is 27.9 Å². The van der Waals surface area contributed by atoms with Crippen LogP contribution in [0.5, 0.6) is 5.75 Å². The Hall–Kier alpha value is -6.32. The van der Waals surface area contributed by atoms with Crippen LogP contribution in [-0.4, -0.2) is 24.8 Å². The molecular weight excluding hydrogens is 671 g/mol. The van der Waals surface area contributed by atoms with Crippen LogP contribution in [0.3, 0.4) is 0 Å². The van der Waals surface area contributed by atoms with Crippen LogP contribution in [-0.2, 0) is 9.59 Å². The number of amides is 3. The minimum Gasteiger partial charge on any atom is -0.496 e. The Labute approximate surface area is 306 Å². The number of thioether (sulfide) groups is 1. The number of benzene rings is 5. The molecule has 0 saturated heterocycles. The lowest BCUT2D eigenvalue weighted by Crippen LogP contribution is -2.30.